The molecule has 1 heterocycles. The van der Waals surface area contributed by atoms with Crippen LogP contribution in [0.25, 0.3) is 0 Å². The molecule has 0 aliphatic carbocycles. The van der Waals surface area contributed by atoms with Gasteiger partial charge in [0.25, 0.3) is 5.91 Å². The highest BCUT2D eigenvalue weighted by Crippen LogP contribution is 2.16. The first-order chi connectivity index (χ1) is 8.00. The van der Waals surface area contributed by atoms with Crippen molar-refractivity contribution in [2.75, 3.05) is 0 Å². The number of rotatable bonds is 4. The third-order valence-corrected chi connectivity index (χ3v) is 6.81. The van der Waals surface area contributed by atoms with Gasteiger partial charge >= 0.3 is 0 Å². The number of amides is 1. The quantitative estimate of drug-likeness (QED) is 0.860. The highest BCUT2D eigenvalue weighted by atomic mass is 28.3. The molecule has 0 atom stereocenters. The first kappa shape index (κ1) is 15.2. The number of hydrogen-bond acceptors (Lipinski definition) is 2. The van der Waals surface area contributed by atoms with E-state index in [2.05, 4.69) is 46.2 Å². The Hall–Kier alpha value is -0.816. The van der Waals surface area contributed by atoms with Gasteiger partial charge < -0.3 is 10.2 Å². The Balaban J connectivity index is 3.66. The van der Waals surface area contributed by atoms with E-state index in [0.717, 1.165) is 17.0 Å². The monoisotopic (exact) mass is 283 g/mol. The molecule has 0 spiro atoms. The minimum Gasteiger partial charge on any atom is -0.461 e. The van der Waals surface area contributed by atoms with E-state index in [1.807, 2.05) is 0 Å². The molecule has 2 N–H and O–H groups in total. The maximum atomic E-state index is 11.6. The van der Waals surface area contributed by atoms with Crippen LogP contribution in [0.15, 0.2) is 4.42 Å². The number of hydrogen-bond donors (Lipinski definition) is 1. The van der Waals surface area contributed by atoms with E-state index in [-0.39, 0.29) is 0 Å². The third kappa shape index (κ3) is 2.77. The van der Waals surface area contributed by atoms with E-state index in [9.17, 15) is 4.79 Å². The van der Waals surface area contributed by atoms with Crippen molar-refractivity contribution in [3.63, 3.8) is 0 Å². The molecule has 0 aliphatic heterocycles. The molecular formula is C13H25NO2Si2. The standard InChI is InChI=1S/C13H25NO2Si2/c1-8-9-11(17(2,3)4)10(12(14)15)16-13(9)18(5,6)7/h8H2,1-7H3,(H2,14,15). The second-order valence-corrected chi connectivity index (χ2v) is 16.8. The maximum absolute atomic E-state index is 11.6. The number of furan rings is 1. The van der Waals surface area contributed by atoms with Crippen molar-refractivity contribution in [3.05, 3.63) is 11.3 Å². The summed E-state index contributed by atoms with van der Waals surface area (Å²) in [7, 11) is -3.22. The zero-order valence-corrected chi connectivity index (χ0v) is 14.6. The molecule has 0 saturated heterocycles. The lowest BCUT2D eigenvalue weighted by atomic mass is 10.2. The van der Waals surface area contributed by atoms with E-state index < -0.39 is 22.1 Å². The van der Waals surface area contributed by atoms with Crippen LogP contribution in [0.5, 0.6) is 0 Å². The second kappa shape index (κ2) is 4.70. The zero-order valence-electron chi connectivity index (χ0n) is 12.6. The Morgan fingerprint density at radius 2 is 1.61 bits per heavy atom. The number of carbonyl (C=O) groups excluding carboxylic acids is 1. The Kier molecular flexibility index (Phi) is 3.98. The summed E-state index contributed by atoms with van der Waals surface area (Å²) in [6, 6.07) is 0. The molecule has 0 radical (unpaired) electrons. The van der Waals surface area contributed by atoms with Gasteiger partial charge in [-0.05, 0) is 17.2 Å². The van der Waals surface area contributed by atoms with Crippen LogP contribution in [0.4, 0.5) is 0 Å². The molecule has 0 aromatic carbocycles. The predicted octanol–water partition coefficient (Wildman–Crippen LogP) is 2.03. The van der Waals surface area contributed by atoms with Crippen LogP contribution in [-0.2, 0) is 6.42 Å². The summed E-state index contributed by atoms with van der Waals surface area (Å²) in [6.45, 7) is 15.5. The van der Waals surface area contributed by atoms with Gasteiger partial charge in [-0.2, -0.15) is 0 Å². The molecular weight excluding hydrogens is 258 g/mol. The van der Waals surface area contributed by atoms with Gasteiger partial charge in [0, 0.05) is 0 Å². The summed E-state index contributed by atoms with van der Waals surface area (Å²) in [6.07, 6.45) is 0.913. The molecule has 1 rings (SSSR count). The molecule has 3 nitrogen and oxygen atoms in total. The lowest BCUT2D eigenvalue weighted by molar-refractivity contribution is 0.0976. The van der Waals surface area contributed by atoms with Crippen LogP contribution in [0, 0.1) is 0 Å². The molecule has 0 unspecified atom stereocenters. The van der Waals surface area contributed by atoms with Crippen LogP contribution in [0.1, 0.15) is 23.0 Å². The van der Waals surface area contributed by atoms with E-state index in [1.54, 1.807) is 0 Å². The summed E-state index contributed by atoms with van der Waals surface area (Å²) in [5.74, 6) is -0.00457. The Labute approximate surface area is 112 Å². The van der Waals surface area contributed by atoms with Gasteiger partial charge in [0.15, 0.2) is 5.76 Å². The smallest absolute Gasteiger partial charge is 0.284 e. The van der Waals surface area contributed by atoms with Crippen LogP contribution in [-0.4, -0.2) is 22.1 Å². The molecule has 0 aliphatic rings. The molecule has 0 saturated carbocycles. The topological polar surface area (TPSA) is 56.2 Å². The van der Waals surface area contributed by atoms with E-state index in [4.69, 9.17) is 10.2 Å². The molecule has 1 aromatic rings. The molecule has 1 aromatic heterocycles. The summed E-state index contributed by atoms with van der Waals surface area (Å²) < 4.78 is 5.91. The SMILES string of the molecule is CCc1c([Si](C)(C)C)oc(C(N)=O)c1[Si](C)(C)C. The Bertz CT molecular complexity index is 465. The molecule has 18 heavy (non-hydrogen) atoms. The average molecular weight is 284 g/mol. The van der Waals surface area contributed by atoms with Crippen molar-refractivity contribution >= 4 is 32.6 Å². The van der Waals surface area contributed by atoms with Crippen molar-refractivity contribution in [2.24, 2.45) is 5.73 Å². The molecule has 102 valence electrons. The fourth-order valence-corrected chi connectivity index (χ4v) is 6.17. The maximum Gasteiger partial charge on any atom is 0.284 e. The van der Waals surface area contributed by atoms with Crippen LogP contribution in [0.3, 0.4) is 0 Å². The highest BCUT2D eigenvalue weighted by molar-refractivity contribution is 6.92. The van der Waals surface area contributed by atoms with Crippen molar-refractivity contribution in [2.45, 2.75) is 52.6 Å². The minimum atomic E-state index is -1.64. The van der Waals surface area contributed by atoms with Crippen LogP contribution in [0.2, 0.25) is 39.3 Å². The van der Waals surface area contributed by atoms with Gasteiger partial charge in [-0.3, -0.25) is 4.79 Å². The van der Waals surface area contributed by atoms with Gasteiger partial charge in [-0.25, -0.2) is 0 Å². The van der Waals surface area contributed by atoms with Crippen LogP contribution < -0.4 is 16.3 Å². The Morgan fingerprint density at radius 1 is 1.11 bits per heavy atom. The lowest BCUT2D eigenvalue weighted by Gasteiger charge is -2.19. The van der Waals surface area contributed by atoms with Gasteiger partial charge in [0.2, 0.25) is 0 Å². The van der Waals surface area contributed by atoms with Crippen molar-refractivity contribution in [1.29, 1.82) is 0 Å². The summed E-state index contributed by atoms with van der Waals surface area (Å²) in [5, 5.41) is 2.19. The fraction of sp³-hybridized carbons (Fsp3) is 0.615. The Morgan fingerprint density at radius 3 is 1.89 bits per heavy atom. The third-order valence-electron chi connectivity index (χ3n) is 3.02. The summed E-state index contributed by atoms with van der Waals surface area (Å²) in [4.78, 5) is 11.6. The average Bonchev–Trinajstić information content (AvgIpc) is 2.54. The van der Waals surface area contributed by atoms with E-state index in [1.165, 1.54) is 5.56 Å². The molecule has 1 amide bonds. The second-order valence-electron chi connectivity index (χ2n) is 6.83. The number of carbonyl (C=O) groups is 1. The molecule has 5 heteroatoms. The van der Waals surface area contributed by atoms with Crippen molar-refractivity contribution in [1.82, 2.24) is 0 Å². The lowest BCUT2D eigenvalue weighted by Crippen LogP contribution is -2.46. The van der Waals surface area contributed by atoms with Crippen LogP contribution >= 0.6 is 0 Å². The highest BCUT2D eigenvalue weighted by Gasteiger charge is 2.35. The van der Waals surface area contributed by atoms with E-state index >= 15 is 0 Å². The van der Waals surface area contributed by atoms with Gasteiger partial charge in [-0.15, -0.1) is 0 Å². The van der Waals surface area contributed by atoms with Crippen molar-refractivity contribution in [3.8, 4) is 0 Å². The predicted molar refractivity (Wildman–Crippen MR) is 82.6 cm³/mol. The zero-order chi connectivity index (χ0) is 14.3. The number of nitrogens with two attached hydrogens (primary N) is 1. The normalized spacial score (nSPS) is 12.8. The van der Waals surface area contributed by atoms with Gasteiger partial charge in [-0.1, -0.05) is 46.2 Å². The van der Waals surface area contributed by atoms with E-state index in [0.29, 0.717) is 5.76 Å². The summed E-state index contributed by atoms with van der Waals surface area (Å²) >= 11 is 0. The van der Waals surface area contributed by atoms with Gasteiger partial charge in [0.1, 0.15) is 8.07 Å². The minimum absolute atomic E-state index is 0.420. The van der Waals surface area contributed by atoms with Gasteiger partial charge in [0.05, 0.1) is 13.5 Å². The summed E-state index contributed by atoms with van der Waals surface area (Å²) in [5.41, 5.74) is 6.75. The first-order valence-electron chi connectivity index (χ1n) is 6.46. The first-order valence-corrected chi connectivity index (χ1v) is 13.5. The number of primary amides is 1. The van der Waals surface area contributed by atoms with Crippen molar-refractivity contribution < 1.29 is 9.21 Å². The molecule has 0 fully saturated rings. The molecule has 0 bridgehead atoms. The fourth-order valence-electron chi connectivity index (χ4n) is 2.38. The largest absolute Gasteiger partial charge is 0.461 e.